The summed E-state index contributed by atoms with van der Waals surface area (Å²) in [7, 11) is 1.53. The molecule has 0 aliphatic heterocycles. The average molecular weight is 349 g/mol. The molecule has 0 unspecified atom stereocenters. The number of anilines is 1. The fourth-order valence-corrected chi connectivity index (χ4v) is 2.23. The van der Waals surface area contributed by atoms with E-state index in [2.05, 4.69) is 10.6 Å². The number of urea groups is 1. The highest BCUT2D eigenvalue weighted by atomic mass is 35.5. The normalized spacial score (nSPS) is 10.1. The Bertz CT molecular complexity index is 677. The summed E-state index contributed by atoms with van der Waals surface area (Å²) in [5.74, 6) is 1.34. The van der Waals surface area contributed by atoms with Crippen molar-refractivity contribution >= 4 is 23.3 Å². The maximum absolute atomic E-state index is 12.0. The molecular formula is C18H21ClN2O3. The molecule has 24 heavy (non-hydrogen) atoms. The van der Waals surface area contributed by atoms with Crippen molar-refractivity contribution in [3.8, 4) is 11.5 Å². The van der Waals surface area contributed by atoms with Crippen molar-refractivity contribution in [2.24, 2.45) is 0 Å². The number of nitrogens with one attached hydrogen (secondary N) is 2. The van der Waals surface area contributed by atoms with E-state index in [4.69, 9.17) is 21.1 Å². The molecule has 2 aromatic rings. The quantitative estimate of drug-likeness (QED) is 0.735. The Labute approximate surface area is 146 Å². The Hall–Kier alpha value is -2.40. The van der Waals surface area contributed by atoms with Gasteiger partial charge in [-0.05, 0) is 37.1 Å². The van der Waals surface area contributed by atoms with Crippen molar-refractivity contribution in [2.75, 3.05) is 25.6 Å². The molecule has 0 aliphatic carbocycles. The molecule has 0 saturated carbocycles. The topological polar surface area (TPSA) is 59.6 Å². The molecule has 2 amide bonds. The SMILES string of the molecule is COc1cc(Cl)c(C)cc1NC(=O)NCCCOc1ccccc1. The van der Waals surface area contributed by atoms with Crippen LogP contribution in [-0.2, 0) is 0 Å². The van der Waals surface area contributed by atoms with E-state index >= 15 is 0 Å². The first-order valence-corrected chi connectivity index (χ1v) is 8.05. The number of para-hydroxylation sites is 1. The maximum Gasteiger partial charge on any atom is 0.319 e. The predicted molar refractivity (Wildman–Crippen MR) is 96.3 cm³/mol. The molecule has 0 spiro atoms. The van der Waals surface area contributed by atoms with Crippen LogP contribution in [0.1, 0.15) is 12.0 Å². The van der Waals surface area contributed by atoms with E-state index in [1.165, 1.54) is 7.11 Å². The summed E-state index contributed by atoms with van der Waals surface area (Å²) in [6.45, 7) is 2.91. The molecule has 0 aromatic heterocycles. The van der Waals surface area contributed by atoms with Crippen LogP contribution in [0.15, 0.2) is 42.5 Å². The number of amides is 2. The molecule has 6 heteroatoms. The lowest BCUT2D eigenvalue weighted by atomic mass is 10.2. The Balaban J connectivity index is 1.74. The molecule has 0 aliphatic rings. The van der Waals surface area contributed by atoms with Crippen molar-refractivity contribution in [2.45, 2.75) is 13.3 Å². The highest BCUT2D eigenvalue weighted by Crippen LogP contribution is 2.30. The van der Waals surface area contributed by atoms with Crippen LogP contribution in [-0.4, -0.2) is 26.3 Å². The van der Waals surface area contributed by atoms with Crippen molar-refractivity contribution < 1.29 is 14.3 Å². The zero-order valence-corrected chi connectivity index (χ0v) is 14.5. The third kappa shape index (κ3) is 5.35. The zero-order valence-electron chi connectivity index (χ0n) is 13.8. The number of carbonyl (C=O) groups is 1. The summed E-state index contributed by atoms with van der Waals surface area (Å²) in [4.78, 5) is 12.0. The highest BCUT2D eigenvalue weighted by molar-refractivity contribution is 6.31. The van der Waals surface area contributed by atoms with Gasteiger partial charge in [-0.3, -0.25) is 0 Å². The number of methoxy groups -OCH3 is 1. The number of aryl methyl sites for hydroxylation is 1. The summed E-state index contributed by atoms with van der Waals surface area (Å²) in [6.07, 6.45) is 0.707. The largest absolute Gasteiger partial charge is 0.495 e. The van der Waals surface area contributed by atoms with Crippen LogP contribution >= 0.6 is 11.6 Å². The van der Waals surface area contributed by atoms with Crippen molar-refractivity contribution in [1.82, 2.24) is 5.32 Å². The van der Waals surface area contributed by atoms with Gasteiger partial charge >= 0.3 is 6.03 Å². The zero-order chi connectivity index (χ0) is 17.4. The number of hydrogen-bond donors (Lipinski definition) is 2. The van der Waals surface area contributed by atoms with E-state index in [-0.39, 0.29) is 6.03 Å². The van der Waals surface area contributed by atoms with Crippen LogP contribution in [0.4, 0.5) is 10.5 Å². The van der Waals surface area contributed by atoms with Gasteiger partial charge in [0.05, 0.1) is 19.4 Å². The van der Waals surface area contributed by atoms with Gasteiger partial charge in [0.2, 0.25) is 0 Å². The summed E-state index contributed by atoms with van der Waals surface area (Å²) in [5, 5.41) is 6.14. The predicted octanol–water partition coefficient (Wildman–Crippen LogP) is 4.25. The third-order valence-corrected chi connectivity index (χ3v) is 3.75. The van der Waals surface area contributed by atoms with Crippen molar-refractivity contribution in [3.63, 3.8) is 0 Å². The molecule has 128 valence electrons. The average Bonchev–Trinajstić information content (AvgIpc) is 2.58. The molecule has 2 N–H and O–H groups in total. The lowest BCUT2D eigenvalue weighted by molar-refractivity contribution is 0.250. The fourth-order valence-electron chi connectivity index (χ4n) is 2.08. The first-order valence-electron chi connectivity index (χ1n) is 7.67. The summed E-state index contributed by atoms with van der Waals surface area (Å²) < 4.78 is 10.8. The third-order valence-electron chi connectivity index (χ3n) is 3.35. The molecule has 5 nitrogen and oxygen atoms in total. The van der Waals surface area contributed by atoms with E-state index in [0.717, 1.165) is 11.3 Å². The summed E-state index contributed by atoms with van der Waals surface area (Å²) in [5.41, 5.74) is 1.45. The minimum Gasteiger partial charge on any atom is -0.495 e. The molecule has 0 atom stereocenters. The second-order valence-electron chi connectivity index (χ2n) is 5.20. The van der Waals surface area contributed by atoms with Crippen molar-refractivity contribution in [3.05, 3.63) is 53.1 Å². The molecule has 0 bridgehead atoms. The maximum atomic E-state index is 12.0. The van der Waals surface area contributed by atoms with Crippen LogP contribution in [0.25, 0.3) is 0 Å². The van der Waals surface area contributed by atoms with Crippen LogP contribution in [0.2, 0.25) is 5.02 Å². The van der Waals surface area contributed by atoms with Crippen LogP contribution < -0.4 is 20.1 Å². The van der Waals surface area contributed by atoms with Gasteiger partial charge < -0.3 is 20.1 Å². The van der Waals surface area contributed by atoms with Gasteiger partial charge in [0, 0.05) is 17.6 Å². The first kappa shape index (κ1) is 17.9. The monoisotopic (exact) mass is 348 g/mol. The molecule has 0 fully saturated rings. The standard InChI is InChI=1S/C18H21ClN2O3/c1-13-11-16(17(23-2)12-15(13)19)21-18(22)20-9-6-10-24-14-7-4-3-5-8-14/h3-5,7-8,11-12H,6,9-10H2,1-2H3,(H2,20,21,22). The van der Waals surface area contributed by atoms with Crippen LogP contribution in [0.5, 0.6) is 11.5 Å². The van der Waals surface area contributed by atoms with Gasteiger partial charge in [-0.25, -0.2) is 4.79 Å². The lowest BCUT2D eigenvalue weighted by Crippen LogP contribution is -2.30. The summed E-state index contributed by atoms with van der Waals surface area (Å²) >= 11 is 6.05. The van der Waals surface area contributed by atoms with Gasteiger partial charge in [-0.15, -0.1) is 0 Å². The minimum atomic E-state index is -0.297. The van der Waals surface area contributed by atoms with Gasteiger partial charge in [-0.2, -0.15) is 0 Å². The number of benzene rings is 2. The van der Waals surface area contributed by atoms with Gasteiger partial charge in [0.1, 0.15) is 11.5 Å². The highest BCUT2D eigenvalue weighted by Gasteiger charge is 2.09. The van der Waals surface area contributed by atoms with Crippen LogP contribution in [0.3, 0.4) is 0 Å². The second kappa shape index (κ2) is 9.03. The van der Waals surface area contributed by atoms with Gasteiger partial charge in [-0.1, -0.05) is 29.8 Å². The Morgan fingerprint density at radius 2 is 1.96 bits per heavy atom. The summed E-state index contributed by atoms with van der Waals surface area (Å²) in [6, 6.07) is 12.7. The molecule has 0 heterocycles. The van der Waals surface area contributed by atoms with E-state index in [1.54, 1.807) is 12.1 Å². The van der Waals surface area contributed by atoms with Gasteiger partial charge in [0.15, 0.2) is 0 Å². The Kier molecular flexibility index (Phi) is 6.75. The Morgan fingerprint density at radius 3 is 2.67 bits per heavy atom. The molecular weight excluding hydrogens is 328 g/mol. The number of carbonyl (C=O) groups excluding carboxylic acids is 1. The number of rotatable bonds is 7. The van der Waals surface area contributed by atoms with Crippen molar-refractivity contribution in [1.29, 1.82) is 0 Å². The van der Waals surface area contributed by atoms with Gasteiger partial charge in [0.25, 0.3) is 0 Å². The number of hydrogen-bond acceptors (Lipinski definition) is 3. The van der Waals surface area contributed by atoms with E-state index in [0.29, 0.717) is 36.0 Å². The fraction of sp³-hybridized carbons (Fsp3) is 0.278. The smallest absolute Gasteiger partial charge is 0.319 e. The van der Waals surface area contributed by atoms with Crippen LogP contribution in [0, 0.1) is 6.92 Å². The molecule has 0 saturated heterocycles. The van der Waals surface area contributed by atoms with E-state index in [1.807, 2.05) is 37.3 Å². The molecule has 2 rings (SSSR count). The second-order valence-corrected chi connectivity index (χ2v) is 5.60. The first-order chi connectivity index (χ1) is 11.6. The van der Waals surface area contributed by atoms with E-state index < -0.39 is 0 Å². The Morgan fingerprint density at radius 1 is 1.21 bits per heavy atom. The van der Waals surface area contributed by atoms with E-state index in [9.17, 15) is 4.79 Å². The molecule has 0 radical (unpaired) electrons. The number of ether oxygens (including phenoxy) is 2. The molecule has 2 aromatic carbocycles. The minimum absolute atomic E-state index is 0.297. The number of halogens is 1. The lowest BCUT2D eigenvalue weighted by Gasteiger charge is -2.13.